The normalized spacial score (nSPS) is 20.0. The van der Waals surface area contributed by atoms with Crippen molar-refractivity contribution in [1.29, 1.82) is 0 Å². The highest BCUT2D eigenvalue weighted by Gasteiger charge is 2.24. The fourth-order valence-corrected chi connectivity index (χ4v) is 2.80. The van der Waals surface area contributed by atoms with Crippen LogP contribution in [0.4, 0.5) is 0 Å². The molecular weight excluding hydrogens is 222 g/mol. The summed E-state index contributed by atoms with van der Waals surface area (Å²) in [4.78, 5) is 19.1. The molecule has 4 nitrogen and oxygen atoms in total. The first-order valence-corrected chi connectivity index (χ1v) is 6.38. The quantitative estimate of drug-likeness (QED) is 0.861. The highest BCUT2D eigenvalue weighted by atomic mass is 32.1. The molecule has 1 aromatic rings. The van der Waals surface area contributed by atoms with Crippen LogP contribution in [0.25, 0.3) is 0 Å². The van der Waals surface area contributed by atoms with Crippen LogP contribution in [0.5, 0.6) is 0 Å². The molecular formula is C11H17N3OS. The van der Waals surface area contributed by atoms with Crippen LogP contribution in [0.1, 0.15) is 22.7 Å². The standard InChI is InChI=1S/C11H17N3OS/c1-8-13-6-9(16-8)7-14(2)11(15)10-4-3-5-12-10/h6,10,12H,3-5,7H2,1-2H3. The Morgan fingerprint density at radius 2 is 2.56 bits per heavy atom. The van der Waals surface area contributed by atoms with Gasteiger partial charge in [-0.2, -0.15) is 0 Å². The van der Waals surface area contributed by atoms with E-state index in [0.717, 1.165) is 29.3 Å². The lowest BCUT2D eigenvalue weighted by Crippen LogP contribution is -2.41. The van der Waals surface area contributed by atoms with Gasteiger partial charge in [0.2, 0.25) is 5.91 Å². The number of aromatic nitrogens is 1. The van der Waals surface area contributed by atoms with Crippen LogP contribution in [0.3, 0.4) is 0 Å². The number of aryl methyl sites for hydroxylation is 1. The topological polar surface area (TPSA) is 45.2 Å². The summed E-state index contributed by atoms with van der Waals surface area (Å²) in [5, 5.41) is 4.28. The maximum Gasteiger partial charge on any atom is 0.239 e. The molecule has 1 aromatic heterocycles. The van der Waals surface area contributed by atoms with Crippen molar-refractivity contribution in [3.8, 4) is 0 Å². The average molecular weight is 239 g/mol. The number of rotatable bonds is 3. The molecule has 0 saturated carbocycles. The molecule has 1 atom stereocenters. The molecule has 1 fully saturated rings. The fraction of sp³-hybridized carbons (Fsp3) is 0.636. The van der Waals surface area contributed by atoms with Crippen LogP contribution in [0.2, 0.25) is 0 Å². The van der Waals surface area contributed by atoms with Gasteiger partial charge in [0.25, 0.3) is 0 Å². The summed E-state index contributed by atoms with van der Waals surface area (Å²) in [5.74, 6) is 0.198. The number of nitrogens with zero attached hydrogens (tertiary/aromatic N) is 2. The summed E-state index contributed by atoms with van der Waals surface area (Å²) >= 11 is 1.65. The van der Waals surface area contributed by atoms with Crippen LogP contribution in [-0.4, -0.2) is 35.4 Å². The molecule has 0 aliphatic carbocycles. The maximum absolute atomic E-state index is 12.0. The third-order valence-electron chi connectivity index (χ3n) is 2.80. The summed E-state index contributed by atoms with van der Waals surface area (Å²) in [5.41, 5.74) is 0. The minimum Gasteiger partial charge on any atom is -0.339 e. The molecule has 2 rings (SSSR count). The molecule has 88 valence electrons. The number of nitrogens with one attached hydrogen (secondary N) is 1. The first kappa shape index (κ1) is 11.5. The van der Waals surface area contributed by atoms with Gasteiger partial charge in [0, 0.05) is 18.1 Å². The number of likely N-dealkylation sites (N-methyl/N-ethyl adjacent to an activating group) is 1. The zero-order chi connectivity index (χ0) is 11.5. The van der Waals surface area contributed by atoms with E-state index in [0.29, 0.717) is 6.54 Å². The summed E-state index contributed by atoms with van der Waals surface area (Å²) in [6, 6.07) is 0.0269. The van der Waals surface area contributed by atoms with Gasteiger partial charge in [-0.05, 0) is 26.3 Å². The molecule has 0 spiro atoms. The monoisotopic (exact) mass is 239 g/mol. The molecule has 16 heavy (non-hydrogen) atoms. The largest absolute Gasteiger partial charge is 0.339 e. The minimum atomic E-state index is 0.0269. The number of hydrogen-bond acceptors (Lipinski definition) is 4. The van der Waals surface area contributed by atoms with Gasteiger partial charge in [-0.3, -0.25) is 4.79 Å². The summed E-state index contributed by atoms with van der Waals surface area (Å²) < 4.78 is 0. The van der Waals surface area contributed by atoms with Gasteiger partial charge < -0.3 is 10.2 Å². The Kier molecular flexibility index (Phi) is 3.56. The van der Waals surface area contributed by atoms with Crippen LogP contribution in [0.15, 0.2) is 6.20 Å². The number of amides is 1. The van der Waals surface area contributed by atoms with E-state index in [2.05, 4.69) is 10.3 Å². The van der Waals surface area contributed by atoms with Gasteiger partial charge in [-0.1, -0.05) is 0 Å². The van der Waals surface area contributed by atoms with Gasteiger partial charge in [0.05, 0.1) is 17.6 Å². The Balaban J connectivity index is 1.91. The third kappa shape index (κ3) is 2.59. The van der Waals surface area contributed by atoms with Crippen LogP contribution >= 0.6 is 11.3 Å². The molecule has 0 aromatic carbocycles. The number of carbonyl (C=O) groups excluding carboxylic acids is 1. The van der Waals surface area contributed by atoms with Crippen molar-refractivity contribution in [2.45, 2.75) is 32.4 Å². The molecule has 1 N–H and O–H groups in total. The molecule has 0 radical (unpaired) electrons. The molecule has 5 heteroatoms. The van der Waals surface area contributed by atoms with Crippen LogP contribution in [0, 0.1) is 6.92 Å². The van der Waals surface area contributed by atoms with E-state index in [1.807, 2.05) is 20.2 Å². The second-order valence-corrected chi connectivity index (χ2v) is 5.51. The van der Waals surface area contributed by atoms with Crippen LogP contribution in [-0.2, 0) is 11.3 Å². The van der Waals surface area contributed by atoms with Gasteiger partial charge in [-0.15, -0.1) is 11.3 Å². The van der Waals surface area contributed by atoms with E-state index in [1.165, 1.54) is 0 Å². The second kappa shape index (κ2) is 4.93. The first-order valence-electron chi connectivity index (χ1n) is 5.56. The van der Waals surface area contributed by atoms with Gasteiger partial charge in [0.1, 0.15) is 0 Å². The van der Waals surface area contributed by atoms with Gasteiger partial charge in [0.15, 0.2) is 0 Å². The Bertz CT molecular complexity index is 371. The van der Waals surface area contributed by atoms with Crippen LogP contribution < -0.4 is 5.32 Å². The summed E-state index contributed by atoms with van der Waals surface area (Å²) in [6.45, 7) is 3.61. The third-order valence-corrected chi connectivity index (χ3v) is 3.69. The van der Waals surface area contributed by atoms with Gasteiger partial charge in [-0.25, -0.2) is 4.98 Å². The highest BCUT2D eigenvalue weighted by Crippen LogP contribution is 2.15. The smallest absolute Gasteiger partial charge is 0.239 e. The molecule has 1 unspecified atom stereocenters. The minimum absolute atomic E-state index is 0.0269. The van der Waals surface area contributed by atoms with Crippen molar-refractivity contribution in [3.05, 3.63) is 16.1 Å². The molecule has 1 aliphatic heterocycles. The SMILES string of the molecule is Cc1ncc(CN(C)C(=O)C2CCCN2)s1. The van der Waals surface area contributed by atoms with Crippen molar-refractivity contribution in [3.63, 3.8) is 0 Å². The Morgan fingerprint density at radius 1 is 1.75 bits per heavy atom. The lowest BCUT2D eigenvalue weighted by molar-refractivity contribution is -0.132. The predicted molar refractivity (Wildman–Crippen MR) is 64.3 cm³/mol. The summed E-state index contributed by atoms with van der Waals surface area (Å²) in [7, 11) is 1.86. The molecule has 0 bridgehead atoms. The zero-order valence-corrected chi connectivity index (χ0v) is 10.5. The molecule has 1 aliphatic rings. The van der Waals surface area contributed by atoms with Crippen molar-refractivity contribution in [1.82, 2.24) is 15.2 Å². The second-order valence-electron chi connectivity index (χ2n) is 4.19. The molecule has 2 heterocycles. The van der Waals surface area contributed by atoms with E-state index < -0.39 is 0 Å². The van der Waals surface area contributed by atoms with Crippen molar-refractivity contribution >= 4 is 17.2 Å². The van der Waals surface area contributed by atoms with E-state index in [4.69, 9.17) is 0 Å². The summed E-state index contributed by atoms with van der Waals surface area (Å²) in [6.07, 6.45) is 3.92. The Hall–Kier alpha value is -0.940. The molecule has 1 saturated heterocycles. The number of thiazole rings is 1. The van der Waals surface area contributed by atoms with Crippen molar-refractivity contribution < 1.29 is 4.79 Å². The Labute approximate surface area is 99.7 Å². The lowest BCUT2D eigenvalue weighted by atomic mass is 10.2. The number of hydrogen-bond donors (Lipinski definition) is 1. The lowest BCUT2D eigenvalue weighted by Gasteiger charge is -2.20. The van der Waals surface area contributed by atoms with E-state index in [9.17, 15) is 4.79 Å². The number of carbonyl (C=O) groups is 1. The van der Waals surface area contributed by atoms with E-state index >= 15 is 0 Å². The van der Waals surface area contributed by atoms with E-state index in [-0.39, 0.29) is 11.9 Å². The zero-order valence-electron chi connectivity index (χ0n) is 9.69. The highest BCUT2D eigenvalue weighted by molar-refractivity contribution is 7.11. The van der Waals surface area contributed by atoms with Crippen molar-refractivity contribution in [2.75, 3.05) is 13.6 Å². The van der Waals surface area contributed by atoms with Gasteiger partial charge >= 0.3 is 0 Å². The first-order chi connectivity index (χ1) is 7.66. The average Bonchev–Trinajstić information content (AvgIpc) is 2.88. The van der Waals surface area contributed by atoms with Crippen molar-refractivity contribution in [2.24, 2.45) is 0 Å². The van der Waals surface area contributed by atoms with E-state index in [1.54, 1.807) is 16.2 Å². The maximum atomic E-state index is 12.0. The molecule has 1 amide bonds. The fourth-order valence-electron chi connectivity index (χ4n) is 1.95. The predicted octanol–water partition coefficient (Wildman–Crippen LogP) is 1.16. The Morgan fingerprint density at radius 3 is 3.12 bits per heavy atom.